The third kappa shape index (κ3) is 4.81. The zero-order valence-corrected chi connectivity index (χ0v) is 35.4. The Balaban J connectivity index is 1.14. The molecule has 9 aromatic rings. The molecule has 0 radical (unpaired) electrons. The minimum atomic E-state index is -0.385. The van der Waals surface area contributed by atoms with Crippen LogP contribution in [-0.2, 0) is 36.5 Å². The largest absolute Gasteiger partial charge is 0.313 e. The number of aryl methyl sites for hydroxylation is 2. The molecule has 294 valence electrons. The summed E-state index contributed by atoms with van der Waals surface area (Å²) in [6.45, 7) is 7.64. The average molecular weight is 785 g/mol. The second kappa shape index (κ2) is 12.9. The van der Waals surface area contributed by atoms with Crippen molar-refractivity contribution in [3.63, 3.8) is 0 Å². The summed E-state index contributed by atoms with van der Waals surface area (Å²) in [4.78, 5) is 0. The van der Waals surface area contributed by atoms with Gasteiger partial charge in [0.1, 0.15) is 0 Å². The highest BCUT2D eigenvalue weighted by Crippen LogP contribution is 2.47. The van der Waals surface area contributed by atoms with Gasteiger partial charge in [-0.3, -0.25) is 0 Å². The smallest absolute Gasteiger partial charge is 0.242 e. The van der Waals surface area contributed by atoms with Crippen molar-refractivity contribution < 1.29 is 0 Å². The highest BCUT2D eigenvalue weighted by Gasteiger charge is 2.51. The third-order valence-electron chi connectivity index (χ3n) is 15.7. The fraction of sp³-hybridized carbons (Fsp3) is 0.207. The molecular weight excluding hydrogens is 735 g/mol. The molecule has 0 spiro atoms. The van der Waals surface area contributed by atoms with Gasteiger partial charge in [-0.05, 0) is 138 Å². The van der Waals surface area contributed by atoms with Crippen LogP contribution >= 0.6 is 0 Å². The molecule has 2 aliphatic heterocycles. The van der Waals surface area contributed by atoms with Crippen LogP contribution in [-0.4, -0.2) is 15.8 Å². The van der Waals surface area contributed by atoms with E-state index in [9.17, 15) is 0 Å². The first-order valence-corrected chi connectivity index (χ1v) is 22.7. The number of hydrogen-bond acceptors (Lipinski definition) is 0. The van der Waals surface area contributed by atoms with Gasteiger partial charge in [-0.1, -0.05) is 152 Å². The van der Waals surface area contributed by atoms with Gasteiger partial charge in [0.15, 0.2) is 0 Å². The molecule has 7 aromatic carbocycles. The minimum Gasteiger partial charge on any atom is -0.313 e. The predicted molar refractivity (Wildman–Crippen MR) is 256 cm³/mol. The summed E-state index contributed by atoms with van der Waals surface area (Å²) in [7, 11) is 0. The molecule has 2 aliphatic carbocycles. The third-order valence-corrected chi connectivity index (χ3v) is 15.7. The summed E-state index contributed by atoms with van der Waals surface area (Å²) >= 11 is 0. The molecule has 0 saturated heterocycles. The lowest BCUT2D eigenvalue weighted by molar-refractivity contribution is 0.633. The number of fused-ring (bicyclic) bond motifs is 10. The minimum absolute atomic E-state index is 0.0917. The van der Waals surface area contributed by atoms with Crippen molar-refractivity contribution in [1.29, 1.82) is 0 Å². The molecule has 3 heteroatoms. The number of aromatic nitrogens is 2. The Morgan fingerprint density at radius 2 is 1.03 bits per heavy atom. The van der Waals surface area contributed by atoms with E-state index in [0.717, 1.165) is 19.3 Å². The summed E-state index contributed by atoms with van der Waals surface area (Å²) < 4.78 is 5.28. The average Bonchev–Trinajstić information content (AvgIpc) is 4.01. The van der Waals surface area contributed by atoms with Gasteiger partial charge in [-0.25, -0.2) is 0 Å². The number of rotatable bonds is 4. The van der Waals surface area contributed by atoms with Gasteiger partial charge in [-0.2, -0.15) is 0 Å². The van der Waals surface area contributed by atoms with E-state index in [1.165, 1.54) is 126 Å². The normalized spacial score (nSPS) is 18.1. The molecule has 0 amide bonds. The van der Waals surface area contributed by atoms with E-state index in [4.69, 9.17) is 0 Å². The van der Waals surface area contributed by atoms with Crippen LogP contribution < -0.4 is 16.4 Å². The number of para-hydroxylation sites is 2. The second-order valence-electron chi connectivity index (χ2n) is 19.1. The fourth-order valence-electron chi connectivity index (χ4n) is 12.8. The highest BCUT2D eigenvalue weighted by molar-refractivity contribution is 6.97. The van der Waals surface area contributed by atoms with Gasteiger partial charge >= 0.3 is 0 Å². The topological polar surface area (TPSA) is 9.86 Å². The van der Waals surface area contributed by atoms with E-state index in [1.807, 2.05) is 0 Å². The zero-order chi connectivity index (χ0) is 40.6. The molecule has 1 unspecified atom stereocenters. The summed E-state index contributed by atoms with van der Waals surface area (Å²) in [5, 5.41) is 2.84. The van der Waals surface area contributed by atoms with Crippen LogP contribution in [0.1, 0.15) is 90.4 Å². The van der Waals surface area contributed by atoms with E-state index in [1.54, 1.807) is 11.1 Å². The van der Waals surface area contributed by atoms with Crippen molar-refractivity contribution in [3.8, 4) is 22.5 Å². The highest BCUT2D eigenvalue weighted by atomic mass is 15.0. The van der Waals surface area contributed by atoms with Gasteiger partial charge in [0, 0.05) is 44.4 Å². The summed E-state index contributed by atoms with van der Waals surface area (Å²) in [5.41, 5.74) is 24.7. The van der Waals surface area contributed by atoms with E-state index in [2.05, 4.69) is 188 Å². The van der Waals surface area contributed by atoms with Crippen molar-refractivity contribution in [2.45, 2.75) is 76.5 Å². The van der Waals surface area contributed by atoms with Gasteiger partial charge in [0.05, 0.1) is 11.0 Å². The Labute approximate surface area is 359 Å². The van der Waals surface area contributed by atoms with Gasteiger partial charge in [-0.15, -0.1) is 0 Å². The number of hydrogen-bond donors (Lipinski definition) is 0. The standard InChI is InChI=1S/C58H49BN2/c1-57(2)47-34-40(60-52-25-13-10-23-44(52)45-24-16-28-55(45)60)30-32-50(47)59-51-33-38(37-17-6-4-7-18-37)29-31-46(51)58(3,39-19-8-5-9-20-39)49-36-41(35-48(57)56(49)59)61-53-26-14-11-21-42(53)43-22-12-15-27-54(43)61/h4-11,13-14,17-21,23,25-26,29-36H,12,15-16,22,24,27-28H2,1-3H3. The molecule has 0 N–H and O–H groups in total. The van der Waals surface area contributed by atoms with Crippen molar-refractivity contribution in [1.82, 2.24) is 9.13 Å². The van der Waals surface area contributed by atoms with Crippen LogP contribution in [0.4, 0.5) is 0 Å². The van der Waals surface area contributed by atoms with Crippen LogP contribution in [0, 0.1) is 0 Å². The maximum Gasteiger partial charge on any atom is 0.242 e. The zero-order valence-electron chi connectivity index (χ0n) is 35.4. The van der Waals surface area contributed by atoms with Crippen LogP contribution in [0.3, 0.4) is 0 Å². The first-order chi connectivity index (χ1) is 29.9. The van der Waals surface area contributed by atoms with E-state index in [0.29, 0.717) is 0 Å². The van der Waals surface area contributed by atoms with Crippen LogP contribution in [0.25, 0.3) is 44.3 Å². The van der Waals surface area contributed by atoms with Crippen molar-refractivity contribution in [2.24, 2.45) is 0 Å². The molecular formula is C58H49BN2. The lowest BCUT2D eigenvalue weighted by atomic mass is 9.27. The van der Waals surface area contributed by atoms with Gasteiger partial charge in [0.25, 0.3) is 0 Å². The molecule has 13 rings (SSSR count). The molecule has 0 saturated carbocycles. The van der Waals surface area contributed by atoms with Crippen molar-refractivity contribution >= 4 is 44.9 Å². The molecule has 2 aromatic heterocycles. The summed E-state index contributed by atoms with van der Waals surface area (Å²) in [5.74, 6) is 0. The van der Waals surface area contributed by atoms with E-state index in [-0.39, 0.29) is 17.5 Å². The predicted octanol–water partition coefficient (Wildman–Crippen LogP) is 11.4. The number of nitrogens with zero attached hydrogens (tertiary/aromatic N) is 2. The first-order valence-electron chi connectivity index (χ1n) is 22.7. The van der Waals surface area contributed by atoms with Crippen molar-refractivity contribution in [3.05, 3.63) is 208 Å². The molecule has 0 bridgehead atoms. The maximum absolute atomic E-state index is 2.67. The lowest BCUT2D eigenvalue weighted by Crippen LogP contribution is -2.67. The second-order valence-corrected chi connectivity index (χ2v) is 19.1. The van der Waals surface area contributed by atoms with Crippen molar-refractivity contribution in [2.75, 3.05) is 0 Å². The Hall–Kier alpha value is -6.32. The lowest BCUT2D eigenvalue weighted by Gasteiger charge is -2.48. The van der Waals surface area contributed by atoms with Gasteiger partial charge < -0.3 is 9.13 Å². The Bertz CT molecular complexity index is 3270. The van der Waals surface area contributed by atoms with Gasteiger partial charge in [0.2, 0.25) is 6.71 Å². The fourth-order valence-corrected chi connectivity index (χ4v) is 12.8. The molecule has 61 heavy (non-hydrogen) atoms. The molecule has 0 fully saturated rings. The number of benzene rings is 7. The quantitative estimate of drug-likeness (QED) is 0.157. The van der Waals surface area contributed by atoms with E-state index >= 15 is 0 Å². The molecule has 1 atom stereocenters. The van der Waals surface area contributed by atoms with Crippen LogP contribution in [0.2, 0.25) is 0 Å². The summed E-state index contributed by atoms with van der Waals surface area (Å²) in [6.07, 6.45) is 8.29. The Kier molecular flexibility index (Phi) is 7.47. The van der Waals surface area contributed by atoms with E-state index < -0.39 is 0 Å². The maximum atomic E-state index is 2.67. The Morgan fingerprint density at radius 1 is 0.443 bits per heavy atom. The SMILES string of the molecule is CC1(C)c2cc(-n3c4c(c5ccccc53)CCC4)ccc2B2c3cc(-c4ccccc4)ccc3C(C)(c3ccccc3)c3cc(-n4c5c(c6ccccc64)CCCC5)cc1c32. The first kappa shape index (κ1) is 35.4. The Morgan fingerprint density at radius 3 is 1.77 bits per heavy atom. The van der Waals surface area contributed by atoms with Crippen LogP contribution in [0.15, 0.2) is 158 Å². The van der Waals surface area contributed by atoms with Crippen LogP contribution in [0.5, 0.6) is 0 Å². The monoisotopic (exact) mass is 784 g/mol. The molecule has 2 nitrogen and oxygen atoms in total. The summed E-state index contributed by atoms with van der Waals surface area (Å²) in [6, 6.07) is 60.9. The molecule has 4 heterocycles. The molecule has 4 aliphatic rings.